The van der Waals surface area contributed by atoms with Crippen LogP contribution in [0.15, 0.2) is 42.6 Å². The van der Waals surface area contributed by atoms with Gasteiger partial charge in [-0.25, -0.2) is 4.39 Å². The van der Waals surface area contributed by atoms with E-state index in [1.807, 2.05) is 0 Å². The highest BCUT2D eigenvalue weighted by Gasteiger charge is 2.37. The van der Waals surface area contributed by atoms with Crippen molar-refractivity contribution >= 4 is 22.7 Å². The van der Waals surface area contributed by atoms with Crippen molar-refractivity contribution in [2.45, 2.75) is 13.1 Å². The van der Waals surface area contributed by atoms with E-state index < -0.39 is 0 Å². The molecule has 0 unspecified atom stereocenters. The van der Waals surface area contributed by atoms with Crippen molar-refractivity contribution in [3.05, 3.63) is 70.7 Å². The van der Waals surface area contributed by atoms with Crippen LogP contribution in [0, 0.1) is 5.82 Å². The van der Waals surface area contributed by atoms with Gasteiger partial charge in [0.15, 0.2) is 5.75 Å². The summed E-state index contributed by atoms with van der Waals surface area (Å²) in [6, 6.07) is 9.35. The van der Waals surface area contributed by atoms with Crippen LogP contribution in [-0.4, -0.2) is 58.0 Å². The largest absolute Gasteiger partial charge is 0.505 e. The summed E-state index contributed by atoms with van der Waals surface area (Å²) in [5.41, 5.74) is 2.00. The minimum absolute atomic E-state index is 0.116. The van der Waals surface area contributed by atoms with Crippen molar-refractivity contribution in [1.29, 1.82) is 0 Å². The zero-order chi connectivity index (χ0) is 21.5. The number of benzene rings is 2. The molecular formula is C23H20FN3O4. The summed E-state index contributed by atoms with van der Waals surface area (Å²) in [5.74, 6) is -1.14. The summed E-state index contributed by atoms with van der Waals surface area (Å²) in [5, 5.41) is 11.4. The number of rotatable bonds is 3. The van der Waals surface area contributed by atoms with Gasteiger partial charge in [-0.05, 0) is 23.8 Å². The average Bonchev–Trinajstić information content (AvgIpc) is 3.12. The lowest BCUT2D eigenvalue weighted by atomic mass is 9.95. The molecule has 2 aromatic carbocycles. The number of hydrogen-bond acceptors (Lipinski definition) is 5. The summed E-state index contributed by atoms with van der Waals surface area (Å²) in [7, 11) is 0. The Hall–Kier alpha value is -3.52. The van der Waals surface area contributed by atoms with E-state index in [9.17, 15) is 19.1 Å². The van der Waals surface area contributed by atoms with Gasteiger partial charge < -0.3 is 19.6 Å². The van der Waals surface area contributed by atoms with Crippen LogP contribution >= 0.6 is 0 Å². The number of phenolic OH excluding ortho intramolecular Hbond substituents is 1. The van der Waals surface area contributed by atoms with Crippen molar-refractivity contribution in [1.82, 2.24) is 14.8 Å². The molecule has 0 saturated carbocycles. The number of aromatic hydroxyl groups is 1. The predicted molar refractivity (Wildman–Crippen MR) is 110 cm³/mol. The minimum Gasteiger partial charge on any atom is -0.505 e. The standard InChI is InChI=1S/C23H20FN3O4/c24-15-5-3-14(4-6-15)12-27-13-17-18(22(29)26-8-10-31-11-9-26)16-2-1-7-25-20(16)21(28)19(17)23(27)30/h1-7,28H,8-13H2. The lowest BCUT2D eigenvalue weighted by Crippen LogP contribution is -2.41. The van der Waals surface area contributed by atoms with Crippen molar-refractivity contribution < 1.29 is 23.8 Å². The second-order valence-electron chi connectivity index (χ2n) is 7.67. The highest BCUT2D eigenvalue weighted by Crippen LogP contribution is 2.40. The number of carbonyl (C=O) groups is 2. The predicted octanol–water partition coefficient (Wildman–Crippen LogP) is 2.71. The number of fused-ring (bicyclic) bond motifs is 2. The Morgan fingerprint density at radius 2 is 1.90 bits per heavy atom. The number of nitrogens with zero attached hydrogens (tertiary/aromatic N) is 3. The Labute approximate surface area is 177 Å². The number of hydrogen-bond donors (Lipinski definition) is 1. The molecule has 1 aromatic heterocycles. The molecule has 7 nitrogen and oxygen atoms in total. The van der Waals surface area contributed by atoms with Gasteiger partial charge in [-0.3, -0.25) is 14.6 Å². The summed E-state index contributed by atoms with van der Waals surface area (Å²) in [6.45, 7) is 2.25. The fraction of sp³-hybridized carbons (Fsp3) is 0.261. The van der Waals surface area contributed by atoms with Gasteiger partial charge in [0.2, 0.25) is 0 Å². The fourth-order valence-electron chi connectivity index (χ4n) is 4.26. The maximum absolute atomic E-state index is 13.5. The number of phenols is 1. The number of morpholine rings is 1. The highest BCUT2D eigenvalue weighted by molar-refractivity contribution is 6.15. The molecule has 158 valence electrons. The van der Waals surface area contributed by atoms with Gasteiger partial charge in [0.25, 0.3) is 11.8 Å². The maximum Gasteiger partial charge on any atom is 0.258 e. The SMILES string of the molecule is O=C1c2c(c(C(=O)N3CCOCC3)c3cccnc3c2O)CN1Cc1ccc(F)cc1. The first kappa shape index (κ1) is 19.4. The molecule has 0 spiro atoms. The van der Waals surface area contributed by atoms with Gasteiger partial charge in [-0.15, -0.1) is 0 Å². The van der Waals surface area contributed by atoms with Crippen LogP contribution in [0.1, 0.15) is 31.8 Å². The van der Waals surface area contributed by atoms with E-state index in [1.54, 1.807) is 34.1 Å². The molecule has 0 atom stereocenters. The Balaban J connectivity index is 1.60. The number of aromatic nitrogens is 1. The third-order valence-corrected chi connectivity index (χ3v) is 5.79. The molecule has 5 rings (SSSR count). The normalized spacial score (nSPS) is 16.1. The van der Waals surface area contributed by atoms with E-state index in [4.69, 9.17) is 4.74 Å². The Morgan fingerprint density at radius 3 is 2.65 bits per heavy atom. The second kappa shape index (κ2) is 7.63. The van der Waals surface area contributed by atoms with E-state index in [0.717, 1.165) is 5.56 Å². The molecule has 1 fully saturated rings. The van der Waals surface area contributed by atoms with Crippen molar-refractivity contribution in [3.63, 3.8) is 0 Å². The second-order valence-corrected chi connectivity index (χ2v) is 7.67. The molecule has 8 heteroatoms. The summed E-state index contributed by atoms with van der Waals surface area (Å²) >= 11 is 0. The average molecular weight is 421 g/mol. The molecule has 31 heavy (non-hydrogen) atoms. The van der Waals surface area contributed by atoms with E-state index in [1.165, 1.54) is 18.3 Å². The zero-order valence-corrected chi connectivity index (χ0v) is 16.7. The van der Waals surface area contributed by atoms with Gasteiger partial charge in [-0.1, -0.05) is 18.2 Å². The lowest BCUT2D eigenvalue weighted by Gasteiger charge is -2.28. The maximum atomic E-state index is 13.5. The zero-order valence-electron chi connectivity index (χ0n) is 16.7. The Bertz CT molecular complexity index is 1190. The van der Waals surface area contributed by atoms with Crippen LogP contribution in [0.4, 0.5) is 4.39 Å². The van der Waals surface area contributed by atoms with Crippen molar-refractivity contribution in [2.75, 3.05) is 26.3 Å². The quantitative estimate of drug-likeness (QED) is 0.703. The molecule has 2 amide bonds. The van der Waals surface area contributed by atoms with Crippen LogP contribution in [-0.2, 0) is 17.8 Å². The molecule has 3 aromatic rings. The number of amides is 2. The number of halogens is 1. The number of ether oxygens (including phenoxy) is 1. The van der Waals surface area contributed by atoms with Gasteiger partial charge in [-0.2, -0.15) is 0 Å². The molecular weight excluding hydrogens is 401 g/mol. The monoisotopic (exact) mass is 421 g/mol. The first-order valence-corrected chi connectivity index (χ1v) is 10.1. The van der Waals surface area contributed by atoms with Crippen LogP contribution in [0.5, 0.6) is 5.75 Å². The minimum atomic E-state index is -0.375. The lowest BCUT2D eigenvalue weighted by molar-refractivity contribution is 0.0303. The highest BCUT2D eigenvalue weighted by atomic mass is 19.1. The topological polar surface area (TPSA) is 83.0 Å². The van der Waals surface area contributed by atoms with E-state index in [2.05, 4.69) is 4.98 Å². The molecule has 2 aliphatic heterocycles. The molecule has 3 heterocycles. The van der Waals surface area contributed by atoms with Gasteiger partial charge in [0.1, 0.15) is 11.3 Å². The van der Waals surface area contributed by atoms with E-state index >= 15 is 0 Å². The molecule has 0 bridgehead atoms. The number of carbonyl (C=O) groups excluding carboxylic acids is 2. The molecule has 2 aliphatic rings. The fourth-order valence-corrected chi connectivity index (χ4v) is 4.26. The molecule has 0 radical (unpaired) electrons. The van der Waals surface area contributed by atoms with Crippen LogP contribution < -0.4 is 0 Å². The number of pyridine rings is 1. The van der Waals surface area contributed by atoms with Gasteiger partial charge in [0.05, 0.1) is 24.3 Å². The Kier molecular flexibility index (Phi) is 4.78. The smallest absolute Gasteiger partial charge is 0.258 e. The van der Waals surface area contributed by atoms with Crippen LogP contribution in [0.2, 0.25) is 0 Å². The molecule has 1 N–H and O–H groups in total. The summed E-state index contributed by atoms with van der Waals surface area (Å²) in [4.78, 5) is 34.2. The summed E-state index contributed by atoms with van der Waals surface area (Å²) < 4.78 is 18.6. The van der Waals surface area contributed by atoms with E-state index in [-0.39, 0.29) is 47.6 Å². The van der Waals surface area contributed by atoms with Crippen LogP contribution in [0.25, 0.3) is 10.9 Å². The summed E-state index contributed by atoms with van der Waals surface area (Å²) in [6.07, 6.45) is 1.52. The van der Waals surface area contributed by atoms with Crippen molar-refractivity contribution in [2.24, 2.45) is 0 Å². The van der Waals surface area contributed by atoms with Gasteiger partial charge >= 0.3 is 0 Å². The van der Waals surface area contributed by atoms with Crippen molar-refractivity contribution in [3.8, 4) is 5.75 Å². The van der Waals surface area contributed by atoms with Crippen LogP contribution in [0.3, 0.4) is 0 Å². The molecule has 0 aliphatic carbocycles. The van der Waals surface area contributed by atoms with Gasteiger partial charge in [0, 0.05) is 43.3 Å². The third-order valence-electron chi connectivity index (χ3n) is 5.79. The molecule has 1 saturated heterocycles. The third kappa shape index (κ3) is 3.29. The Morgan fingerprint density at radius 1 is 1.16 bits per heavy atom. The van der Waals surface area contributed by atoms with E-state index in [0.29, 0.717) is 42.8 Å². The first-order valence-electron chi connectivity index (χ1n) is 10.1. The first-order chi connectivity index (χ1) is 15.0.